The number of carboxylic acids is 1. The summed E-state index contributed by atoms with van der Waals surface area (Å²) in [5, 5.41) is 18.3. The molecule has 0 aliphatic carbocycles. The first-order valence-electron chi connectivity index (χ1n) is 6.01. The highest BCUT2D eigenvalue weighted by Gasteiger charge is 2.06. The van der Waals surface area contributed by atoms with E-state index in [-0.39, 0.29) is 6.42 Å². The first-order chi connectivity index (χ1) is 8.00. The molecule has 0 aliphatic heterocycles. The van der Waals surface area contributed by atoms with Gasteiger partial charge in [0.1, 0.15) is 5.75 Å². The molecule has 94 valence electrons. The molecule has 17 heavy (non-hydrogen) atoms. The van der Waals surface area contributed by atoms with Gasteiger partial charge in [0, 0.05) is 6.42 Å². The molecule has 0 unspecified atom stereocenters. The average Bonchev–Trinajstić information content (AvgIpc) is 2.20. The number of unbranched alkanes of at least 4 members (excludes halogenated alkanes) is 2. The molecule has 0 fully saturated rings. The van der Waals surface area contributed by atoms with Crippen molar-refractivity contribution in [3.63, 3.8) is 0 Å². The minimum absolute atomic E-state index is 0.235. The average molecular weight is 236 g/mol. The molecule has 0 aliphatic rings. The summed E-state index contributed by atoms with van der Waals surface area (Å²) < 4.78 is 0. The van der Waals surface area contributed by atoms with Gasteiger partial charge in [-0.1, -0.05) is 12.5 Å². The third-order valence-electron chi connectivity index (χ3n) is 2.91. The lowest BCUT2D eigenvalue weighted by Gasteiger charge is -2.09. The monoisotopic (exact) mass is 236 g/mol. The molecule has 0 aromatic heterocycles. The Balaban J connectivity index is 2.44. The highest BCUT2D eigenvalue weighted by molar-refractivity contribution is 5.66. The predicted molar refractivity (Wildman–Crippen MR) is 67.4 cm³/mol. The summed E-state index contributed by atoms with van der Waals surface area (Å²) in [7, 11) is 0. The maximum absolute atomic E-state index is 10.3. The SMILES string of the molecule is Cc1cc(C)c(CCCCCC(=O)O)c(O)c1. The zero-order chi connectivity index (χ0) is 12.8. The van der Waals surface area contributed by atoms with E-state index in [1.165, 1.54) is 0 Å². The van der Waals surface area contributed by atoms with Gasteiger partial charge in [0.25, 0.3) is 0 Å². The number of hydrogen-bond donors (Lipinski definition) is 2. The maximum atomic E-state index is 10.3. The summed E-state index contributed by atoms with van der Waals surface area (Å²) in [5.41, 5.74) is 3.17. The van der Waals surface area contributed by atoms with Crippen LogP contribution >= 0.6 is 0 Å². The zero-order valence-electron chi connectivity index (χ0n) is 10.5. The van der Waals surface area contributed by atoms with Crippen LogP contribution in [0.3, 0.4) is 0 Å². The van der Waals surface area contributed by atoms with Gasteiger partial charge >= 0.3 is 5.97 Å². The Labute approximate surface area is 102 Å². The van der Waals surface area contributed by atoms with Gasteiger partial charge in [-0.15, -0.1) is 0 Å². The molecule has 0 radical (unpaired) electrons. The Morgan fingerprint density at radius 3 is 2.47 bits per heavy atom. The second-order valence-electron chi connectivity index (χ2n) is 4.53. The normalized spacial score (nSPS) is 10.5. The Kier molecular flexibility index (Phi) is 5.01. The lowest BCUT2D eigenvalue weighted by atomic mass is 9.99. The van der Waals surface area contributed by atoms with Gasteiger partial charge in [0.2, 0.25) is 0 Å². The quantitative estimate of drug-likeness (QED) is 0.746. The number of aliphatic carboxylic acids is 1. The van der Waals surface area contributed by atoms with Crippen LogP contribution in [0.15, 0.2) is 12.1 Å². The van der Waals surface area contributed by atoms with Crippen LogP contribution in [0.2, 0.25) is 0 Å². The maximum Gasteiger partial charge on any atom is 0.303 e. The summed E-state index contributed by atoms with van der Waals surface area (Å²) >= 11 is 0. The van der Waals surface area contributed by atoms with E-state index in [0.29, 0.717) is 12.2 Å². The van der Waals surface area contributed by atoms with Crippen LogP contribution in [0, 0.1) is 13.8 Å². The van der Waals surface area contributed by atoms with E-state index in [1.54, 1.807) is 6.07 Å². The van der Waals surface area contributed by atoms with E-state index in [2.05, 4.69) is 6.07 Å². The zero-order valence-corrected chi connectivity index (χ0v) is 10.5. The van der Waals surface area contributed by atoms with Crippen molar-refractivity contribution in [2.45, 2.75) is 46.0 Å². The van der Waals surface area contributed by atoms with Crippen molar-refractivity contribution in [2.75, 3.05) is 0 Å². The molecule has 3 heteroatoms. The number of phenolic OH excluding ortho intramolecular Hbond substituents is 1. The van der Waals surface area contributed by atoms with Crippen LogP contribution in [-0.4, -0.2) is 16.2 Å². The largest absolute Gasteiger partial charge is 0.508 e. The van der Waals surface area contributed by atoms with Crippen molar-refractivity contribution >= 4 is 5.97 Å². The predicted octanol–water partition coefficient (Wildman–Crippen LogP) is 3.20. The fraction of sp³-hybridized carbons (Fsp3) is 0.500. The lowest BCUT2D eigenvalue weighted by Crippen LogP contribution is -1.95. The van der Waals surface area contributed by atoms with E-state index in [1.807, 2.05) is 13.8 Å². The molecule has 2 N–H and O–H groups in total. The number of benzene rings is 1. The van der Waals surface area contributed by atoms with Crippen LogP contribution in [0.4, 0.5) is 0 Å². The summed E-state index contributed by atoms with van der Waals surface area (Å²) in [6.45, 7) is 3.96. The fourth-order valence-corrected chi connectivity index (χ4v) is 2.06. The minimum atomic E-state index is -0.737. The highest BCUT2D eigenvalue weighted by atomic mass is 16.4. The van der Waals surface area contributed by atoms with Crippen LogP contribution in [0.5, 0.6) is 5.75 Å². The van der Waals surface area contributed by atoms with Crippen LogP contribution in [0.1, 0.15) is 42.4 Å². The highest BCUT2D eigenvalue weighted by Crippen LogP contribution is 2.24. The van der Waals surface area contributed by atoms with Crippen molar-refractivity contribution in [1.82, 2.24) is 0 Å². The summed E-state index contributed by atoms with van der Waals surface area (Å²) in [4.78, 5) is 10.3. The first-order valence-corrected chi connectivity index (χ1v) is 6.01. The minimum Gasteiger partial charge on any atom is -0.508 e. The topological polar surface area (TPSA) is 57.5 Å². The molecule has 0 saturated carbocycles. The second-order valence-corrected chi connectivity index (χ2v) is 4.53. The van der Waals surface area contributed by atoms with E-state index in [4.69, 9.17) is 5.11 Å². The van der Waals surface area contributed by atoms with Gasteiger partial charge in [-0.25, -0.2) is 0 Å². The number of carboxylic acid groups (broad SMARTS) is 1. The van der Waals surface area contributed by atoms with Crippen molar-refractivity contribution in [3.05, 3.63) is 28.8 Å². The Hall–Kier alpha value is -1.51. The standard InChI is InChI=1S/C14H20O3/c1-10-8-11(2)12(13(15)9-10)6-4-3-5-7-14(16)17/h8-9,15H,3-7H2,1-2H3,(H,16,17). The lowest BCUT2D eigenvalue weighted by molar-refractivity contribution is -0.137. The molecule has 0 bridgehead atoms. The van der Waals surface area contributed by atoms with E-state index in [0.717, 1.165) is 36.0 Å². The summed E-state index contributed by atoms with van der Waals surface area (Å²) in [6.07, 6.45) is 3.57. The number of aromatic hydroxyl groups is 1. The van der Waals surface area contributed by atoms with Crippen LogP contribution < -0.4 is 0 Å². The molecule has 1 aromatic rings. The molecular weight excluding hydrogens is 216 g/mol. The van der Waals surface area contributed by atoms with Gasteiger partial charge < -0.3 is 10.2 Å². The third kappa shape index (κ3) is 4.47. The molecule has 0 heterocycles. The van der Waals surface area contributed by atoms with E-state index in [9.17, 15) is 9.90 Å². The molecular formula is C14H20O3. The van der Waals surface area contributed by atoms with Gasteiger partial charge in [-0.3, -0.25) is 4.79 Å². The van der Waals surface area contributed by atoms with Crippen molar-refractivity contribution in [3.8, 4) is 5.75 Å². The molecule has 1 rings (SSSR count). The number of phenols is 1. The van der Waals surface area contributed by atoms with E-state index < -0.39 is 5.97 Å². The Morgan fingerprint density at radius 1 is 1.18 bits per heavy atom. The van der Waals surface area contributed by atoms with Gasteiger partial charge in [0.05, 0.1) is 0 Å². The molecule has 0 spiro atoms. The summed E-state index contributed by atoms with van der Waals surface area (Å²) in [6, 6.07) is 3.84. The third-order valence-corrected chi connectivity index (χ3v) is 2.91. The summed E-state index contributed by atoms with van der Waals surface area (Å²) in [5.74, 6) is -0.375. The molecule has 0 atom stereocenters. The Morgan fingerprint density at radius 2 is 1.88 bits per heavy atom. The van der Waals surface area contributed by atoms with Gasteiger partial charge in [-0.05, 0) is 55.9 Å². The number of rotatable bonds is 6. The van der Waals surface area contributed by atoms with Gasteiger partial charge in [-0.2, -0.15) is 0 Å². The molecule has 1 aromatic carbocycles. The second kappa shape index (κ2) is 6.28. The number of hydrogen-bond acceptors (Lipinski definition) is 2. The van der Waals surface area contributed by atoms with Crippen LogP contribution in [0.25, 0.3) is 0 Å². The van der Waals surface area contributed by atoms with Crippen molar-refractivity contribution in [2.24, 2.45) is 0 Å². The molecule has 3 nitrogen and oxygen atoms in total. The Bertz CT molecular complexity index is 373. The van der Waals surface area contributed by atoms with Crippen molar-refractivity contribution in [1.29, 1.82) is 0 Å². The molecule has 0 amide bonds. The smallest absolute Gasteiger partial charge is 0.303 e. The number of carbonyl (C=O) groups is 1. The number of aryl methyl sites for hydroxylation is 2. The molecule has 0 saturated heterocycles. The van der Waals surface area contributed by atoms with Crippen LogP contribution in [-0.2, 0) is 11.2 Å². The first kappa shape index (κ1) is 13.6. The van der Waals surface area contributed by atoms with Gasteiger partial charge in [0.15, 0.2) is 0 Å². The van der Waals surface area contributed by atoms with Crippen molar-refractivity contribution < 1.29 is 15.0 Å². The van der Waals surface area contributed by atoms with E-state index >= 15 is 0 Å². The fourth-order valence-electron chi connectivity index (χ4n) is 2.06.